The van der Waals surface area contributed by atoms with E-state index in [4.69, 9.17) is 5.73 Å². The van der Waals surface area contributed by atoms with Crippen LogP contribution in [0.1, 0.15) is 24.0 Å². The third-order valence-corrected chi connectivity index (χ3v) is 3.03. The molecule has 0 aliphatic heterocycles. The monoisotopic (exact) mass is 272 g/mol. The summed E-state index contributed by atoms with van der Waals surface area (Å²) in [5, 5.41) is 7.06. The van der Waals surface area contributed by atoms with Crippen molar-refractivity contribution in [3.05, 3.63) is 47.8 Å². The molecule has 0 saturated carbocycles. The van der Waals surface area contributed by atoms with E-state index in [9.17, 15) is 4.79 Å². The molecule has 0 unspecified atom stereocenters. The minimum absolute atomic E-state index is 0.0226. The Morgan fingerprint density at radius 2 is 2.10 bits per heavy atom. The highest BCUT2D eigenvalue weighted by molar-refractivity contribution is 5.90. The first kappa shape index (κ1) is 14.3. The normalized spacial score (nSPS) is 10.5. The molecule has 20 heavy (non-hydrogen) atoms. The Labute approximate surface area is 118 Å². The quantitative estimate of drug-likeness (QED) is 0.845. The maximum absolute atomic E-state index is 11.8. The lowest BCUT2D eigenvalue weighted by atomic mass is 10.2. The van der Waals surface area contributed by atoms with Crippen molar-refractivity contribution in [1.82, 2.24) is 9.78 Å². The van der Waals surface area contributed by atoms with Crippen LogP contribution in [0.4, 0.5) is 5.69 Å². The maximum Gasteiger partial charge on any atom is 0.224 e. The van der Waals surface area contributed by atoms with Crippen molar-refractivity contribution < 1.29 is 4.79 Å². The van der Waals surface area contributed by atoms with Gasteiger partial charge in [0.05, 0.1) is 6.20 Å². The molecule has 0 radical (unpaired) electrons. The van der Waals surface area contributed by atoms with Gasteiger partial charge in [-0.05, 0) is 36.6 Å². The Bertz CT molecular complexity index is 560. The summed E-state index contributed by atoms with van der Waals surface area (Å²) < 4.78 is 1.86. The number of aryl methyl sites for hydroxylation is 2. The second kappa shape index (κ2) is 6.86. The summed E-state index contributed by atoms with van der Waals surface area (Å²) in [5.41, 5.74) is 8.52. The molecule has 2 rings (SSSR count). The Hall–Kier alpha value is -2.14. The van der Waals surface area contributed by atoms with E-state index in [-0.39, 0.29) is 5.91 Å². The van der Waals surface area contributed by atoms with E-state index in [1.54, 1.807) is 0 Å². The van der Waals surface area contributed by atoms with Crippen molar-refractivity contribution >= 4 is 11.6 Å². The summed E-state index contributed by atoms with van der Waals surface area (Å²) in [7, 11) is 0. The van der Waals surface area contributed by atoms with Crippen molar-refractivity contribution in [1.29, 1.82) is 0 Å². The van der Waals surface area contributed by atoms with Crippen LogP contribution in [0.3, 0.4) is 0 Å². The molecule has 5 heteroatoms. The number of benzene rings is 1. The molecule has 2 aromatic rings. The average molecular weight is 272 g/mol. The van der Waals surface area contributed by atoms with E-state index < -0.39 is 0 Å². The summed E-state index contributed by atoms with van der Waals surface area (Å²) in [6.07, 6.45) is 5.05. The van der Waals surface area contributed by atoms with Crippen molar-refractivity contribution in [3.8, 4) is 0 Å². The second-order valence-corrected chi connectivity index (χ2v) is 4.83. The molecule has 1 heterocycles. The van der Waals surface area contributed by atoms with E-state index >= 15 is 0 Å². The number of anilines is 1. The molecule has 0 aliphatic carbocycles. The number of hydrogen-bond donors (Lipinski definition) is 2. The molecule has 0 saturated heterocycles. The molecule has 5 nitrogen and oxygen atoms in total. The minimum Gasteiger partial charge on any atom is -0.326 e. The number of aromatic nitrogens is 2. The fourth-order valence-corrected chi connectivity index (χ4v) is 1.94. The van der Waals surface area contributed by atoms with Gasteiger partial charge in [-0.2, -0.15) is 5.10 Å². The molecular formula is C15H20N4O. The molecule has 1 aromatic carbocycles. The fraction of sp³-hybridized carbons (Fsp3) is 0.333. The predicted octanol–water partition coefficient (Wildman–Crippen LogP) is 2.07. The van der Waals surface area contributed by atoms with Gasteiger partial charge in [-0.15, -0.1) is 0 Å². The lowest BCUT2D eigenvalue weighted by Gasteiger charge is -2.06. The minimum atomic E-state index is 0.0226. The fourth-order valence-electron chi connectivity index (χ4n) is 1.94. The van der Waals surface area contributed by atoms with E-state index in [2.05, 4.69) is 10.4 Å². The van der Waals surface area contributed by atoms with Crippen LogP contribution in [-0.4, -0.2) is 15.7 Å². The van der Waals surface area contributed by atoms with Gasteiger partial charge in [0.25, 0.3) is 0 Å². The molecule has 0 aliphatic rings. The highest BCUT2D eigenvalue weighted by Gasteiger charge is 2.03. The van der Waals surface area contributed by atoms with Crippen molar-refractivity contribution in [2.75, 3.05) is 5.32 Å². The third kappa shape index (κ3) is 4.20. The SMILES string of the molecule is Cc1cnn(CCCC(=O)Nc2ccc(CN)cc2)c1. The summed E-state index contributed by atoms with van der Waals surface area (Å²) in [5.74, 6) is 0.0226. The smallest absolute Gasteiger partial charge is 0.224 e. The number of carbonyl (C=O) groups is 1. The Morgan fingerprint density at radius 3 is 2.70 bits per heavy atom. The summed E-state index contributed by atoms with van der Waals surface area (Å²) in [6, 6.07) is 7.58. The molecular weight excluding hydrogens is 252 g/mol. The zero-order chi connectivity index (χ0) is 14.4. The lowest BCUT2D eigenvalue weighted by molar-refractivity contribution is -0.116. The van der Waals surface area contributed by atoms with Crippen LogP contribution in [0.2, 0.25) is 0 Å². The van der Waals surface area contributed by atoms with Crippen molar-refractivity contribution in [3.63, 3.8) is 0 Å². The number of rotatable bonds is 6. The van der Waals surface area contributed by atoms with Gasteiger partial charge in [0.1, 0.15) is 0 Å². The number of nitrogens with zero attached hydrogens (tertiary/aromatic N) is 2. The predicted molar refractivity (Wildman–Crippen MR) is 79.2 cm³/mol. The second-order valence-electron chi connectivity index (χ2n) is 4.83. The maximum atomic E-state index is 11.8. The van der Waals surface area contributed by atoms with Gasteiger partial charge in [-0.3, -0.25) is 9.48 Å². The van der Waals surface area contributed by atoms with Gasteiger partial charge in [0.15, 0.2) is 0 Å². The van der Waals surface area contributed by atoms with Crippen LogP contribution in [0, 0.1) is 6.92 Å². The van der Waals surface area contributed by atoms with Crippen molar-refractivity contribution in [2.45, 2.75) is 32.9 Å². The number of amides is 1. The first-order chi connectivity index (χ1) is 9.67. The standard InChI is InChI=1S/C15H20N4O/c1-12-10-17-19(11-12)8-2-3-15(20)18-14-6-4-13(9-16)5-7-14/h4-7,10-11H,2-3,8-9,16H2,1H3,(H,18,20). The Balaban J connectivity index is 1.74. The summed E-state index contributed by atoms with van der Waals surface area (Å²) in [4.78, 5) is 11.8. The van der Waals surface area contributed by atoms with Crippen LogP contribution in [-0.2, 0) is 17.9 Å². The van der Waals surface area contributed by atoms with E-state index in [1.807, 2.05) is 48.3 Å². The highest BCUT2D eigenvalue weighted by Crippen LogP contribution is 2.10. The number of hydrogen-bond acceptors (Lipinski definition) is 3. The molecule has 0 spiro atoms. The third-order valence-electron chi connectivity index (χ3n) is 3.03. The Morgan fingerprint density at radius 1 is 1.35 bits per heavy atom. The van der Waals surface area contributed by atoms with Gasteiger partial charge in [-0.1, -0.05) is 12.1 Å². The van der Waals surface area contributed by atoms with Gasteiger partial charge in [0.2, 0.25) is 5.91 Å². The van der Waals surface area contributed by atoms with Crippen LogP contribution in [0.15, 0.2) is 36.7 Å². The van der Waals surface area contributed by atoms with Crippen LogP contribution in [0.25, 0.3) is 0 Å². The molecule has 3 N–H and O–H groups in total. The zero-order valence-corrected chi connectivity index (χ0v) is 11.7. The molecule has 0 bridgehead atoms. The number of nitrogens with two attached hydrogens (primary N) is 1. The molecule has 1 amide bonds. The number of carbonyl (C=O) groups excluding carboxylic acids is 1. The zero-order valence-electron chi connectivity index (χ0n) is 11.7. The highest BCUT2D eigenvalue weighted by atomic mass is 16.1. The van der Waals surface area contributed by atoms with Gasteiger partial charge in [-0.25, -0.2) is 0 Å². The van der Waals surface area contributed by atoms with E-state index in [0.717, 1.165) is 29.8 Å². The molecule has 0 fully saturated rings. The largest absolute Gasteiger partial charge is 0.326 e. The molecule has 0 atom stereocenters. The lowest BCUT2D eigenvalue weighted by Crippen LogP contribution is -2.12. The summed E-state index contributed by atoms with van der Waals surface area (Å²) >= 11 is 0. The van der Waals surface area contributed by atoms with Gasteiger partial charge in [0, 0.05) is 31.4 Å². The van der Waals surface area contributed by atoms with Gasteiger partial charge >= 0.3 is 0 Å². The first-order valence-corrected chi connectivity index (χ1v) is 6.75. The van der Waals surface area contributed by atoms with Crippen LogP contribution in [0.5, 0.6) is 0 Å². The topological polar surface area (TPSA) is 72.9 Å². The average Bonchev–Trinajstić information content (AvgIpc) is 2.85. The molecule has 106 valence electrons. The Kier molecular flexibility index (Phi) is 4.90. The van der Waals surface area contributed by atoms with E-state index in [0.29, 0.717) is 13.0 Å². The van der Waals surface area contributed by atoms with Crippen LogP contribution < -0.4 is 11.1 Å². The summed E-state index contributed by atoms with van der Waals surface area (Å²) in [6.45, 7) is 3.27. The van der Waals surface area contributed by atoms with E-state index in [1.165, 1.54) is 0 Å². The number of nitrogens with one attached hydrogen (secondary N) is 1. The van der Waals surface area contributed by atoms with Crippen LogP contribution >= 0.6 is 0 Å². The van der Waals surface area contributed by atoms with Gasteiger partial charge < -0.3 is 11.1 Å². The first-order valence-electron chi connectivity index (χ1n) is 6.75. The van der Waals surface area contributed by atoms with Crippen molar-refractivity contribution in [2.24, 2.45) is 5.73 Å². The molecule has 1 aromatic heterocycles.